The van der Waals surface area contributed by atoms with Gasteiger partial charge in [-0.1, -0.05) is 53.5 Å². The van der Waals surface area contributed by atoms with Crippen molar-refractivity contribution in [3.05, 3.63) is 64.1 Å². The van der Waals surface area contributed by atoms with Crippen LogP contribution in [-0.2, 0) is 6.54 Å². The van der Waals surface area contributed by atoms with Gasteiger partial charge in [-0.25, -0.2) is 0 Å². The summed E-state index contributed by atoms with van der Waals surface area (Å²) in [6.07, 6.45) is 1.89. The van der Waals surface area contributed by atoms with Crippen LogP contribution in [0.15, 0.2) is 48.5 Å². The highest BCUT2D eigenvalue weighted by atomic mass is 35.5. The van der Waals surface area contributed by atoms with Gasteiger partial charge in [-0.2, -0.15) is 0 Å². The predicted octanol–water partition coefficient (Wildman–Crippen LogP) is 4.54. The van der Waals surface area contributed by atoms with Crippen molar-refractivity contribution in [2.45, 2.75) is 25.5 Å². The van der Waals surface area contributed by atoms with Crippen LogP contribution in [0.25, 0.3) is 0 Å². The van der Waals surface area contributed by atoms with Crippen molar-refractivity contribution in [1.29, 1.82) is 0 Å². The second kappa shape index (κ2) is 8.41. The van der Waals surface area contributed by atoms with Crippen molar-refractivity contribution in [3.8, 4) is 5.75 Å². The number of aliphatic hydroxyl groups excluding tert-OH is 1. The van der Waals surface area contributed by atoms with Crippen LogP contribution >= 0.6 is 23.2 Å². The summed E-state index contributed by atoms with van der Waals surface area (Å²) in [5.41, 5.74) is 1.32. The Morgan fingerprint density at radius 2 is 1.76 bits per heavy atom. The second-order valence-electron chi connectivity index (χ2n) is 6.86. The minimum atomic E-state index is -0.534. The summed E-state index contributed by atoms with van der Waals surface area (Å²) in [5, 5.41) is 11.6. The van der Waals surface area contributed by atoms with Gasteiger partial charge in [0.1, 0.15) is 31.5 Å². The quantitative estimate of drug-likeness (QED) is 0.714. The number of likely N-dealkylation sites (tertiary alicyclic amines) is 1. The molecule has 3 rings (SSSR count). The molecule has 0 aliphatic carbocycles. The Hall–Kier alpha value is -1.26. The van der Waals surface area contributed by atoms with E-state index in [1.54, 1.807) is 18.2 Å². The maximum Gasteiger partial charge on any atom is 0.138 e. The molecule has 1 fully saturated rings. The van der Waals surface area contributed by atoms with E-state index in [0.29, 0.717) is 22.3 Å². The molecule has 2 aromatic carbocycles. The van der Waals surface area contributed by atoms with E-state index < -0.39 is 6.10 Å². The Bertz CT molecular complexity index is 687. The maximum atomic E-state index is 10.5. The molecule has 0 saturated carbocycles. The van der Waals surface area contributed by atoms with E-state index in [-0.39, 0.29) is 6.61 Å². The van der Waals surface area contributed by atoms with Gasteiger partial charge < -0.3 is 14.3 Å². The van der Waals surface area contributed by atoms with E-state index in [1.165, 1.54) is 18.4 Å². The van der Waals surface area contributed by atoms with Gasteiger partial charge in [0.05, 0.1) is 18.1 Å². The summed E-state index contributed by atoms with van der Waals surface area (Å²) in [5.74, 6) is 0.557. The zero-order valence-corrected chi connectivity index (χ0v) is 15.7. The highest BCUT2D eigenvalue weighted by Gasteiger charge is 2.34. The van der Waals surface area contributed by atoms with Crippen LogP contribution < -0.4 is 4.74 Å². The van der Waals surface area contributed by atoms with Crippen LogP contribution in [0.2, 0.25) is 10.0 Å². The fourth-order valence-electron chi connectivity index (χ4n) is 3.66. The van der Waals surface area contributed by atoms with E-state index in [0.717, 1.165) is 24.1 Å². The molecule has 0 amide bonds. The van der Waals surface area contributed by atoms with Crippen molar-refractivity contribution >= 4 is 23.2 Å². The van der Waals surface area contributed by atoms with Gasteiger partial charge in [0.15, 0.2) is 0 Å². The fourth-order valence-corrected chi connectivity index (χ4v) is 4.12. The average Bonchev–Trinajstić information content (AvgIpc) is 3.03. The minimum Gasteiger partial charge on any atom is -0.489 e. The number of hydrogen-bond donors (Lipinski definition) is 1. The van der Waals surface area contributed by atoms with E-state index in [2.05, 4.69) is 24.3 Å². The van der Waals surface area contributed by atoms with E-state index in [1.807, 2.05) is 6.07 Å². The molecule has 0 radical (unpaired) electrons. The number of hydrogen-bond acceptors (Lipinski definition) is 2. The first-order chi connectivity index (χ1) is 12.1. The molecule has 134 valence electrons. The normalized spacial score (nSPS) is 17.4. The Balaban J connectivity index is 1.60. The van der Waals surface area contributed by atoms with E-state index in [9.17, 15) is 5.11 Å². The molecule has 0 aromatic heterocycles. The number of quaternary nitrogens is 1. The Kier molecular flexibility index (Phi) is 6.24. The zero-order valence-electron chi connectivity index (χ0n) is 14.2. The van der Waals surface area contributed by atoms with Crippen LogP contribution in [0.3, 0.4) is 0 Å². The molecule has 3 nitrogen and oxygen atoms in total. The number of nitrogens with zero attached hydrogens (tertiary/aromatic N) is 1. The largest absolute Gasteiger partial charge is 0.489 e. The van der Waals surface area contributed by atoms with Gasteiger partial charge in [-0.3, -0.25) is 0 Å². The standard InChI is InChI=1S/C20H24Cl2NO2/c21-17-8-9-20(19(22)12-17)25-15-18(24)14-23(10-4-5-11-23)13-16-6-2-1-3-7-16/h1-3,6-9,12,18,24H,4-5,10-11,13-15H2/q+1/t18-/m0/s1. The zero-order chi connectivity index (χ0) is 17.7. The van der Waals surface area contributed by atoms with Crippen LogP contribution in [-0.4, -0.2) is 41.9 Å². The van der Waals surface area contributed by atoms with Gasteiger partial charge in [-0.05, 0) is 18.2 Å². The summed E-state index contributed by atoms with van der Waals surface area (Å²) in [6.45, 7) is 4.09. The summed E-state index contributed by atoms with van der Waals surface area (Å²) in [6, 6.07) is 15.6. The number of benzene rings is 2. The van der Waals surface area contributed by atoms with Gasteiger partial charge >= 0.3 is 0 Å². The lowest BCUT2D eigenvalue weighted by atomic mass is 10.1. The molecule has 1 saturated heterocycles. The summed E-state index contributed by atoms with van der Waals surface area (Å²) >= 11 is 12.0. The monoisotopic (exact) mass is 380 g/mol. The van der Waals surface area contributed by atoms with Gasteiger partial charge in [0, 0.05) is 23.4 Å². The summed E-state index contributed by atoms with van der Waals surface area (Å²) < 4.78 is 6.63. The maximum absolute atomic E-state index is 10.5. The van der Waals surface area contributed by atoms with Gasteiger partial charge in [-0.15, -0.1) is 0 Å². The third-order valence-corrected chi connectivity index (χ3v) is 5.33. The molecular weight excluding hydrogens is 357 g/mol. The summed E-state index contributed by atoms with van der Waals surface area (Å²) in [4.78, 5) is 0. The molecule has 1 N–H and O–H groups in total. The lowest BCUT2D eigenvalue weighted by molar-refractivity contribution is -0.932. The smallest absolute Gasteiger partial charge is 0.138 e. The predicted molar refractivity (Wildman–Crippen MR) is 102 cm³/mol. The Morgan fingerprint density at radius 3 is 2.44 bits per heavy atom. The van der Waals surface area contributed by atoms with Crippen molar-refractivity contribution < 1.29 is 14.3 Å². The highest BCUT2D eigenvalue weighted by Crippen LogP contribution is 2.28. The molecular formula is C20H24Cl2NO2+. The number of ether oxygens (including phenoxy) is 1. The molecule has 25 heavy (non-hydrogen) atoms. The molecule has 1 heterocycles. The molecule has 0 spiro atoms. The van der Waals surface area contributed by atoms with Gasteiger partial charge in [0.2, 0.25) is 0 Å². The molecule has 2 aromatic rings. The number of halogens is 2. The van der Waals surface area contributed by atoms with Crippen molar-refractivity contribution in [2.24, 2.45) is 0 Å². The fraction of sp³-hybridized carbons (Fsp3) is 0.400. The van der Waals surface area contributed by atoms with Crippen molar-refractivity contribution in [3.63, 3.8) is 0 Å². The third kappa shape index (κ3) is 5.11. The third-order valence-electron chi connectivity index (χ3n) is 4.80. The molecule has 5 heteroatoms. The SMILES string of the molecule is O[C@H](COc1ccc(Cl)cc1Cl)C[N+]1(Cc2ccccc2)CCCC1. The minimum absolute atomic E-state index is 0.232. The summed E-state index contributed by atoms with van der Waals surface area (Å²) in [7, 11) is 0. The molecule has 1 aliphatic heterocycles. The first-order valence-corrected chi connectivity index (χ1v) is 9.47. The Labute approximate surface area is 159 Å². The van der Waals surface area contributed by atoms with Crippen LogP contribution in [0.1, 0.15) is 18.4 Å². The number of rotatable bonds is 7. The van der Waals surface area contributed by atoms with Crippen LogP contribution in [0.5, 0.6) is 5.75 Å². The van der Waals surface area contributed by atoms with Crippen LogP contribution in [0, 0.1) is 0 Å². The van der Waals surface area contributed by atoms with E-state index in [4.69, 9.17) is 27.9 Å². The second-order valence-corrected chi connectivity index (χ2v) is 7.71. The average molecular weight is 381 g/mol. The van der Waals surface area contributed by atoms with Crippen molar-refractivity contribution in [1.82, 2.24) is 0 Å². The first-order valence-electron chi connectivity index (χ1n) is 8.71. The molecule has 1 aliphatic rings. The molecule has 0 unspecified atom stereocenters. The lowest BCUT2D eigenvalue weighted by Crippen LogP contribution is -2.50. The first kappa shape index (κ1) is 18.5. The molecule has 0 bridgehead atoms. The molecule has 1 atom stereocenters. The Morgan fingerprint density at radius 1 is 1.04 bits per heavy atom. The lowest BCUT2D eigenvalue weighted by Gasteiger charge is -2.36. The van der Waals surface area contributed by atoms with Crippen molar-refractivity contribution in [2.75, 3.05) is 26.2 Å². The number of aliphatic hydroxyl groups is 1. The van der Waals surface area contributed by atoms with E-state index >= 15 is 0 Å². The highest BCUT2D eigenvalue weighted by molar-refractivity contribution is 6.35. The van der Waals surface area contributed by atoms with Gasteiger partial charge in [0.25, 0.3) is 0 Å². The van der Waals surface area contributed by atoms with Crippen LogP contribution in [0.4, 0.5) is 0 Å². The topological polar surface area (TPSA) is 29.5 Å².